The average Bonchev–Trinajstić information content (AvgIpc) is 3.16. The zero-order valence-electron chi connectivity index (χ0n) is 16.9. The van der Waals surface area contributed by atoms with Crippen molar-refractivity contribution in [3.8, 4) is 11.5 Å². The van der Waals surface area contributed by atoms with Crippen molar-refractivity contribution in [2.75, 3.05) is 37.5 Å². The van der Waals surface area contributed by atoms with Gasteiger partial charge in [-0.3, -0.25) is 0 Å². The van der Waals surface area contributed by atoms with E-state index in [1.54, 1.807) is 20.2 Å². The van der Waals surface area contributed by atoms with Gasteiger partial charge in [0.1, 0.15) is 22.8 Å². The molecule has 1 aliphatic heterocycles. The summed E-state index contributed by atoms with van der Waals surface area (Å²) in [6.45, 7) is 1.39. The number of pyridine rings is 1. The molecule has 0 amide bonds. The largest absolute Gasteiger partial charge is 0.497 e. The van der Waals surface area contributed by atoms with E-state index >= 15 is 0 Å². The Morgan fingerprint density at radius 2 is 2.00 bits per heavy atom. The highest BCUT2D eigenvalue weighted by atomic mass is 19.4. The number of benzene rings is 2. The number of fused-ring (bicyclic) bond motifs is 3. The molecule has 8 heteroatoms. The van der Waals surface area contributed by atoms with E-state index in [0.29, 0.717) is 11.3 Å². The smallest absolute Gasteiger partial charge is 0.422 e. The summed E-state index contributed by atoms with van der Waals surface area (Å²) in [5.41, 5.74) is 4.44. The first-order valence-electron chi connectivity index (χ1n) is 9.57. The normalized spacial score (nSPS) is 13.5. The van der Waals surface area contributed by atoms with Gasteiger partial charge < -0.3 is 19.7 Å². The summed E-state index contributed by atoms with van der Waals surface area (Å²) in [4.78, 5) is 6.78. The second kappa shape index (κ2) is 7.59. The number of aromatic nitrogens is 1. The van der Waals surface area contributed by atoms with E-state index in [4.69, 9.17) is 9.47 Å². The summed E-state index contributed by atoms with van der Waals surface area (Å²) < 4.78 is 48.6. The van der Waals surface area contributed by atoms with Crippen molar-refractivity contribution < 1.29 is 22.6 Å². The topological polar surface area (TPSA) is 46.6 Å². The van der Waals surface area contributed by atoms with Crippen molar-refractivity contribution >= 4 is 28.1 Å². The summed E-state index contributed by atoms with van der Waals surface area (Å²) in [6.07, 6.45) is -3.65. The van der Waals surface area contributed by atoms with E-state index in [1.807, 2.05) is 31.2 Å². The molecular weight excluding hydrogens is 395 g/mol. The lowest BCUT2D eigenvalue weighted by Crippen LogP contribution is -2.19. The second-order valence-electron chi connectivity index (χ2n) is 7.15. The Balaban J connectivity index is 1.87. The van der Waals surface area contributed by atoms with Crippen LogP contribution in [0.15, 0.2) is 36.4 Å². The molecule has 0 bridgehead atoms. The fourth-order valence-electron chi connectivity index (χ4n) is 3.94. The van der Waals surface area contributed by atoms with Crippen LogP contribution in [0, 0.1) is 6.92 Å². The molecule has 2 aromatic carbocycles. The van der Waals surface area contributed by atoms with Gasteiger partial charge >= 0.3 is 6.18 Å². The number of rotatable bonds is 5. The van der Waals surface area contributed by atoms with Crippen molar-refractivity contribution in [1.82, 2.24) is 4.98 Å². The Morgan fingerprint density at radius 1 is 1.20 bits per heavy atom. The maximum absolute atomic E-state index is 12.7. The number of aryl methyl sites for hydroxylation is 1. The Labute approximate surface area is 172 Å². The summed E-state index contributed by atoms with van der Waals surface area (Å²) in [6, 6.07) is 11.0. The van der Waals surface area contributed by atoms with Crippen LogP contribution in [0.5, 0.6) is 11.5 Å². The summed E-state index contributed by atoms with van der Waals surface area (Å²) >= 11 is 0. The first-order valence-corrected chi connectivity index (χ1v) is 9.57. The van der Waals surface area contributed by atoms with Crippen LogP contribution in [-0.4, -0.2) is 38.5 Å². The molecule has 0 atom stereocenters. The SMILES string of the molecule is CNc1nc2c(OCC(F)(F)F)cccc2c2c1CCN2c1ccc(OC)cc1C. The fourth-order valence-corrected chi connectivity index (χ4v) is 3.94. The number of anilines is 3. The highest BCUT2D eigenvalue weighted by Crippen LogP contribution is 2.45. The molecule has 0 saturated carbocycles. The van der Waals surface area contributed by atoms with Gasteiger partial charge in [0.2, 0.25) is 0 Å². The number of hydrogen-bond donors (Lipinski definition) is 1. The van der Waals surface area contributed by atoms with Gasteiger partial charge in [0.05, 0.1) is 12.8 Å². The van der Waals surface area contributed by atoms with Crippen LogP contribution in [0.4, 0.5) is 30.4 Å². The van der Waals surface area contributed by atoms with Crippen LogP contribution in [0.2, 0.25) is 0 Å². The van der Waals surface area contributed by atoms with Crippen LogP contribution in [0.3, 0.4) is 0 Å². The maximum atomic E-state index is 12.7. The molecule has 4 rings (SSSR count). The Kier molecular flexibility index (Phi) is 5.09. The average molecular weight is 417 g/mol. The van der Waals surface area contributed by atoms with Crippen LogP contribution in [-0.2, 0) is 6.42 Å². The number of nitrogens with zero attached hydrogens (tertiary/aromatic N) is 2. The third-order valence-electron chi connectivity index (χ3n) is 5.23. The number of halogens is 3. The third kappa shape index (κ3) is 3.58. The zero-order chi connectivity index (χ0) is 21.5. The van der Waals surface area contributed by atoms with Crippen LogP contribution < -0.4 is 19.7 Å². The third-order valence-corrected chi connectivity index (χ3v) is 5.23. The standard InChI is InChI=1S/C22H22F3N3O2/c1-13-11-14(29-3)7-8-17(13)28-10-9-16-20(28)15-5-4-6-18(30-12-22(23,24)25)19(15)27-21(16)26-2/h4-8,11H,9-10,12H2,1-3H3,(H,26,27). The first kappa shape index (κ1) is 20.1. The monoisotopic (exact) mass is 417 g/mol. The molecule has 1 aliphatic rings. The van der Waals surface area contributed by atoms with Crippen LogP contribution in [0.1, 0.15) is 11.1 Å². The molecular formula is C22H22F3N3O2. The number of hydrogen-bond acceptors (Lipinski definition) is 5. The van der Waals surface area contributed by atoms with E-state index < -0.39 is 12.8 Å². The predicted molar refractivity (Wildman–Crippen MR) is 111 cm³/mol. The van der Waals surface area contributed by atoms with Crippen molar-refractivity contribution in [3.05, 3.63) is 47.5 Å². The van der Waals surface area contributed by atoms with Gasteiger partial charge in [-0.25, -0.2) is 4.98 Å². The van der Waals surface area contributed by atoms with Crippen LogP contribution in [0.25, 0.3) is 10.9 Å². The molecule has 1 N–H and O–H groups in total. The summed E-state index contributed by atoms with van der Waals surface area (Å²) in [5.74, 6) is 1.53. The minimum absolute atomic E-state index is 0.113. The molecule has 1 aromatic heterocycles. The molecule has 5 nitrogen and oxygen atoms in total. The number of alkyl halides is 3. The molecule has 0 saturated heterocycles. The summed E-state index contributed by atoms with van der Waals surface area (Å²) in [7, 11) is 3.38. The highest BCUT2D eigenvalue weighted by Gasteiger charge is 2.31. The van der Waals surface area contributed by atoms with E-state index in [9.17, 15) is 13.2 Å². The van der Waals surface area contributed by atoms with Gasteiger partial charge in [-0.15, -0.1) is 0 Å². The number of methoxy groups -OCH3 is 1. The first-order chi connectivity index (χ1) is 14.3. The van der Waals surface area contributed by atoms with E-state index in [1.165, 1.54) is 6.07 Å². The van der Waals surface area contributed by atoms with Crippen LogP contribution >= 0.6 is 0 Å². The zero-order valence-corrected chi connectivity index (χ0v) is 16.9. The number of para-hydroxylation sites is 1. The molecule has 0 fully saturated rings. The van der Waals surface area contributed by atoms with Crippen molar-refractivity contribution in [2.24, 2.45) is 0 Å². The van der Waals surface area contributed by atoms with E-state index in [2.05, 4.69) is 15.2 Å². The van der Waals surface area contributed by atoms with Gasteiger partial charge in [-0.05, 0) is 43.2 Å². The lowest BCUT2D eigenvalue weighted by molar-refractivity contribution is -0.153. The predicted octanol–water partition coefficient (Wildman–Crippen LogP) is 5.23. The van der Waals surface area contributed by atoms with Crippen molar-refractivity contribution in [2.45, 2.75) is 19.5 Å². The molecule has 0 aliphatic carbocycles. The lowest BCUT2D eigenvalue weighted by atomic mass is 10.1. The Morgan fingerprint density at radius 3 is 2.67 bits per heavy atom. The lowest BCUT2D eigenvalue weighted by Gasteiger charge is -2.24. The second-order valence-corrected chi connectivity index (χ2v) is 7.15. The summed E-state index contributed by atoms with van der Waals surface area (Å²) in [5, 5.41) is 3.85. The molecule has 0 unspecified atom stereocenters. The molecule has 0 radical (unpaired) electrons. The highest BCUT2D eigenvalue weighted by molar-refractivity contribution is 6.02. The van der Waals surface area contributed by atoms with Gasteiger partial charge in [0, 0.05) is 30.2 Å². The molecule has 2 heterocycles. The fraction of sp³-hybridized carbons (Fsp3) is 0.318. The van der Waals surface area contributed by atoms with Crippen molar-refractivity contribution in [3.63, 3.8) is 0 Å². The maximum Gasteiger partial charge on any atom is 0.422 e. The van der Waals surface area contributed by atoms with Gasteiger partial charge in [0.15, 0.2) is 6.61 Å². The van der Waals surface area contributed by atoms with Crippen molar-refractivity contribution in [1.29, 1.82) is 0 Å². The minimum Gasteiger partial charge on any atom is -0.497 e. The number of ether oxygens (including phenoxy) is 2. The van der Waals surface area contributed by atoms with Gasteiger partial charge in [-0.2, -0.15) is 13.2 Å². The minimum atomic E-state index is -4.42. The van der Waals surface area contributed by atoms with Gasteiger partial charge in [-0.1, -0.05) is 12.1 Å². The molecule has 3 aromatic rings. The molecule has 0 spiro atoms. The quantitative estimate of drug-likeness (QED) is 0.616. The molecule has 30 heavy (non-hydrogen) atoms. The van der Waals surface area contributed by atoms with E-state index in [0.717, 1.165) is 46.6 Å². The molecule has 158 valence electrons. The Bertz CT molecular complexity index is 1100. The van der Waals surface area contributed by atoms with E-state index in [-0.39, 0.29) is 5.75 Å². The van der Waals surface area contributed by atoms with Gasteiger partial charge in [0.25, 0.3) is 0 Å². The number of nitrogens with one attached hydrogen (secondary N) is 1. The Hall–Kier alpha value is -3.16.